The number of amides is 2. The minimum absolute atomic E-state index is 0.0905. The molecule has 1 fully saturated rings. The van der Waals surface area contributed by atoms with Crippen LogP contribution in [-0.4, -0.2) is 22.2 Å². The number of hydrogen-bond acceptors (Lipinski definition) is 4. The van der Waals surface area contributed by atoms with Crippen molar-refractivity contribution in [2.24, 2.45) is 0 Å². The predicted octanol–water partition coefficient (Wildman–Crippen LogP) is 1.71. The quantitative estimate of drug-likeness (QED) is 0.779. The number of aromatic carboxylic acids is 1. The zero-order valence-corrected chi connectivity index (χ0v) is 9.28. The van der Waals surface area contributed by atoms with Crippen LogP contribution in [0.5, 0.6) is 0 Å². The van der Waals surface area contributed by atoms with Gasteiger partial charge in [0.15, 0.2) is 0 Å². The van der Waals surface area contributed by atoms with Crippen molar-refractivity contribution in [3.63, 3.8) is 0 Å². The van der Waals surface area contributed by atoms with Crippen LogP contribution in [0.3, 0.4) is 0 Å². The summed E-state index contributed by atoms with van der Waals surface area (Å²) < 4.78 is 0. The van der Waals surface area contributed by atoms with Crippen LogP contribution in [0.15, 0.2) is 29.2 Å². The molecular weight excluding hydrogens is 242 g/mol. The van der Waals surface area contributed by atoms with Crippen LogP contribution in [0.2, 0.25) is 0 Å². The molecule has 1 saturated heterocycles. The first-order valence-corrected chi connectivity index (χ1v) is 5.47. The molecule has 5 nitrogen and oxygen atoms in total. The van der Waals surface area contributed by atoms with Gasteiger partial charge in [0.1, 0.15) is 0 Å². The summed E-state index contributed by atoms with van der Waals surface area (Å²) >= 11 is 0.758. The molecule has 2 rings (SSSR count). The Morgan fingerprint density at radius 1 is 1.29 bits per heavy atom. The van der Waals surface area contributed by atoms with Crippen molar-refractivity contribution in [1.82, 2.24) is 5.32 Å². The van der Waals surface area contributed by atoms with E-state index in [1.807, 2.05) is 0 Å². The van der Waals surface area contributed by atoms with E-state index in [0.29, 0.717) is 5.56 Å². The van der Waals surface area contributed by atoms with Crippen molar-refractivity contribution in [3.8, 4) is 0 Å². The minimum Gasteiger partial charge on any atom is -0.478 e. The Kier molecular flexibility index (Phi) is 2.97. The number of hydrogen-bond donors (Lipinski definition) is 2. The molecule has 17 heavy (non-hydrogen) atoms. The van der Waals surface area contributed by atoms with E-state index in [9.17, 15) is 14.4 Å². The lowest BCUT2D eigenvalue weighted by molar-refractivity contribution is -0.115. The van der Waals surface area contributed by atoms with Gasteiger partial charge in [0.05, 0.1) is 10.5 Å². The highest BCUT2D eigenvalue weighted by molar-refractivity contribution is 8.18. The van der Waals surface area contributed by atoms with E-state index in [4.69, 9.17) is 5.11 Å². The van der Waals surface area contributed by atoms with Crippen LogP contribution in [0.1, 0.15) is 15.9 Å². The SMILES string of the molecule is O=C1NC(=O)C(=Cc2ccccc2C(=O)O)S1. The lowest BCUT2D eigenvalue weighted by atomic mass is 10.1. The summed E-state index contributed by atoms with van der Waals surface area (Å²) in [5, 5.41) is 10.6. The Morgan fingerprint density at radius 3 is 2.59 bits per heavy atom. The van der Waals surface area contributed by atoms with Crippen molar-refractivity contribution in [3.05, 3.63) is 40.3 Å². The molecule has 2 N–H and O–H groups in total. The third-order valence-corrected chi connectivity index (χ3v) is 2.93. The highest BCUT2D eigenvalue weighted by Crippen LogP contribution is 2.26. The molecule has 1 aliphatic heterocycles. The van der Waals surface area contributed by atoms with Gasteiger partial charge in [0.2, 0.25) is 0 Å². The monoisotopic (exact) mass is 249 g/mol. The van der Waals surface area contributed by atoms with Gasteiger partial charge >= 0.3 is 5.97 Å². The first-order valence-electron chi connectivity index (χ1n) is 4.65. The summed E-state index contributed by atoms with van der Waals surface area (Å²) in [6.07, 6.45) is 1.40. The van der Waals surface area contributed by atoms with Crippen molar-refractivity contribution in [1.29, 1.82) is 0 Å². The Labute approximate surface area is 101 Å². The van der Waals surface area contributed by atoms with Gasteiger partial charge in [0, 0.05) is 0 Å². The maximum atomic E-state index is 11.3. The lowest BCUT2D eigenvalue weighted by Gasteiger charge is -2.00. The fraction of sp³-hybridized carbons (Fsp3) is 0. The van der Waals surface area contributed by atoms with E-state index in [2.05, 4.69) is 5.32 Å². The van der Waals surface area contributed by atoms with Crippen molar-refractivity contribution < 1.29 is 19.5 Å². The molecule has 1 aromatic rings. The first-order chi connectivity index (χ1) is 8.08. The topological polar surface area (TPSA) is 83.5 Å². The first kappa shape index (κ1) is 11.4. The van der Waals surface area contributed by atoms with E-state index < -0.39 is 17.1 Å². The molecule has 0 saturated carbocycles. The fourth-order valence-corrected chi connectivity index (χ4v) is 2.05. The van der Waals surface area contributed by atoms with Gasteiger partial charge in [-0.1, -0.05) is 18.2 Å². The largest absolute Gasteiger partial charge is 0.478 e. The Balaban J connectivity index is 2.42. The standard InChI is InChI=1S/C11H7NO4S/c13-9-8(17-11(16)12-9)5-6-3-1-2-4-7(6)10(14)15/h1-5H,(H,14,15)(H,12,13,16). The fourth-order valence-electron chi connectivity index (χ4n) is 1.38. The van der Waals surface area contributed by atoms with Crippen LogP contribution in [-0.2, 0) is 4.79 Å². The summed E-state index contributed by atoms with van der Waals surface area (Å²) in [7, 11) is 0. The highest BCUT2D eigenvalue weighted by Gasteiger charge is 2.25. The second-order valence-corrected chi connectivity index (χ2v) is 4.26. The van der Waals surface area contributed by atoms with E-state index in [-0.39, 0.29) is 10.5 Å². The number of rotatable bonds is 2. The molecule has 1 aliphatic rings. The normalized spacial score (nSPS) is 17.3. The van der Waals surface area contributed by atoms with Crippen LogP contribution in [0, 0.1) is 0 Å². The van der Waals surface area contributed by atoms with E-state index in [0.717, 1.165) is 11.8 Å². The second kappa shape index (κ2) is 4.42. The smallest absolute Gasteiger partial charge is 0.336 e. The molecule has 2 amide bonds. The molecule has 1 heterocycles. The number of imide groups is 1. The summed E-state index contributed by atoms with van der Waals surface area (Å²) in [4.78, 5) is 33.4. The van der Waals surface area contributed by atoms with Crippen molar-refractivity contribution >= 4 is 35.0 Å². The van der Waals surface area contributed by atoms with Crippen LogP contribution in [0.25, 0.3) is 6.08 Å². The van der Waals surface area contributed by atoms with Gasteiger partial charge in [-0.3, -0.25) is 14.9 Å². The molecule has 6 heteroatoms. The summed E-state index contributed by atoms with van der Waals surface area (Å²) in [5.74, 6) is -1.58. The lowest BCUT2D eigenvalue weighted by Crippen LogP contribution is -2.17. The van der Waals surface area contributed by atoms with Gasteiger partial charge in [-0.15, -0.1) is 0 Å². The second-order valence-electron chi connectivity index (χ2n) is 3.24. The predicted molar refractivity (Wildman–Crippen MR) is 62.5 cm³/mol. The van der Waals surface area contributed by atoms with Gasteiger partial charge in [-0.2, -0.15) is 0 Å². The highest BCUT2D eigenvalue weighted by atomic mass is 32.2. The molecule has 0 spiro atoms. The van der Waals surface area contributed by atoms with E-state index in [1.165, 1.54) is 12.1 Å². The number of carboxylic acid groups (broad SMARTS) is 1. The number of nitrogens with one attached hydrogen (secondary N) is 1. The number of carbonyl (C=O) groups is 3. The van der Waals surface area contributed by atoms with E-state index >= 15 is 0 Å². The van der Waals surface area contributed by atoms with Crippen molar-refractivity contribution in [2.75, 3.05) is 0 Å². The molecule has 1 aromatic carbocycles. The zero-order valence-electron chi connectivity index (χ0n) is 8.47. The average molecular weight is 249 g/mol. The Bertz CT molecular complexity index is 550. The van der Waals surface area contributed by atoms with Crippen LogP contribution < -0.4 is 5.32 Å². The van der Waals surface area contributed by atoms with Crippen molar-refractivity contribution in [2.45, 2.75) is 0 Å². The van der Waals surface area contributed by atoms with Gasteiger partial charge in [-0.05, 0) is 29.5 Å². The summed E-state index contributed by atoms with van der Waals surface area (Å²) in [5.41, 5.74) is 0.486. The van der Waals surface area contributed by atoms with E-state index in [1.54, 1.807) is 18.2 Å². The van der Waals surface area contributed by atoms with Gasteiger partial charge in [0.25, 0.3) is 11.1 Å². The maximum Gasteiger partial charge on any atom is 0.336 e. The number of benzene rings is 1. The minimum atomic E-state index is -1.08. The zero-order chi connectivity index (χ0) is 12.4. The molecule has 0 bridgehead atoms. The molecule has 0 aromatic heterocycles. The summed E-state index contributed by atoms with van der Waals surface area (Å²) in [6.45, 7) is 0. The molecule has 0 unspecified atom stereocenters. The van der Waals surface area contributed by atoms with Crippen LogP contribution in [0.4, 0.5) is 4.79 Å². The molecular formula is C11H7NO4S. The van der Waals surface area contributed by atoms with Crippen LogP contribution >= 0.6 is 11.8 Å². The molecule has 0 atom stereocenters. The number of carboxylic acids is 1. The maximum absolute atomic E-state index is 11.3. The average Bonchev–Trinajstić information content (AvgIpc) is 2.58. The number of thioether (sulfide) groups is 1. The van der Waals surface area contributed by atoms with Gasteiger partial charge < -0.3 is 5.11 Å². The van der Waals surface area contributed by atoms with Gasteiger partial charge in [-0.25, -0.2) is 4.79 Å². The molecule has 0 radical (unpaired) electrons. The Morgan fingerprint density at radius 2 is 2.00 bits per heavy atom. The third kappa shape index (κ3) is 2.36. The Hall–Kier alpha value is -2.08. The molecule has 86 valence electrons. The summed E-state index contributed by atoms with van der Waals surface area (Å²) in [6, 6.07) is 6.28. The third-order valence-electron chi connectivity index (χ3n) is 2.12. The molecule has 0 aliphatic carbocycles. The number of carbonyl (C=O) groups excluding carboxylic acids is 2.